The maximum atomic E-state index is 13.5. The molecule has 0 aliphatic carbocycles. The van der Waals surface area contributed by atoms with Gasteiger partial charge in [-0.15, -0.1) is 0 Å². The SMILES string of the molecule is COC(=O)C1=C(C(=O)OC)C2c3ccccc3C(=O)C1N2c1ccc([N+](=O)[O-])cc1[N+](=O)[O-]. The van der Waals surface area contributed by atoms with Gasteiger partial charge in [0.15, 0.2) is 5.78 Å². The molecule has 0 saturated carbocycles. The predicted octanol–water partition coefficient (Wildman–Crippen LogP) is 2.27. The Bertz CT molecular complexity index is 1280. The van der Waals surface area contributed by atoms with E-state index < -0.39 is 51.0 Å². The summed E-state index contributed by atoms with van der Waals surface area (Å²) in [6.45, 7) is 0. The van der Waals surface area contributed by atoms with E-state index in [0.29, 0.717) is 5.56 Å². The number of nitrogens with zero attached hydrogens (tertiary/aromatic N) is 3. The fourth-order valence-corrected chi connectivity index (χ4v) is 4.32. The number of nitro groups is 2. The van der Waals surface area contributed by atoms with Crippen LogP contribution in [-0.2, 0) is 19.1 Å². The van der Waals surface area contributed by atoms with E-state index in [4.69, 9.17) is 9.47 Å². The third kappa shape index (κ3) is 3.11. The Hall–Kier alpha value is -4.61. The first-order chi connectivity index (χ1) is 15.7. The smallest absolute Gasteiger partial charge is 0.336 e. The highest BCUT2D eigenvalue weighted by atomic mass is 16.6. The van der Waals surface area contributed by atoms with E-state index in [0.717, 1.165) is 32.4 Å². The van der Waals surface area contributed by atoms with Gasteiger partial charge >= 0.3 is 11.9 Å². The predicted molar refractivity (Wildman–Crippen MR) is 111 cm³/mol. The van der Waals surface area contributed by atoms with Crippen LogP contribution in [0.3, 0.4) is 0 Å². The van der Waals surface area contributed by atoms with E-state index in [-0.39, 0.29) is 22.4 Å². The molecule has 2 aliphatic heterocycles. The van der Waals surface area contributed by atoms with Crippen molar-refractivity contribution in [3.05, 3.63) is 85.0 Å². The average Bonchev–Trinajstić information content (AvgIpc) is 3.12. The molecule has 2 aliphatic rings. The fraction of sp³-hybridized carbons (Fsp3) is 0.190. The Kier molecular flexibility index (Phi) is 5.12. The van der Waals surface area contributed by atoms with Crippen molar-refractivity contribution in [1.82, 2.24) is 0 Å². The zero-order valence-corrected chi connectivity index (χ0v) is 17.2. The van der Waals surface area contributed by atoms with Crippen LogP contribution in [0, 0.1) is 20.2 Å². The summed E-state index contributed by atoms with van der Waals surface area (Å²) in [5, 5.41) is 23.0. The molecule has 0 N–H and O–H groups in total. The Morgan fingerprint density at radius 2 is 1.52 bits per heavy atom. The number of benzene rings is 2. The minimum atomic E-state index is -1.44. The van der Waals surface area contributed by atoms with Gasteiger partial charge in [-0.2, -0.15) is 0 Å². The molecule has 168 valence electrons. The van der Waals surface area contributed by atoms with E-state index in [9.17, 15) is 34.6 Å². The lowest BCUT2D eigenvalue weighted by Gasteiger charge is -2.37. The summed E-state index contributed by atoms with van der Waals surface area (Å²) in [6, 6.07) is 6.67. The number of ether oxygens (including phenoxy) is 2. The normalized spacial score (nSPS) is 18.6. The van der Waals surface area contributed by atoms with Gasteiger partial charge in [-0.3, -0.25) is 25.0 Å². The maximum absolute atomic E-state index is 13.5. The number of rotatable bonds is 5. The summed E-state index contributed by atoms with van der Waals surface area (Å²) < 4.78 is 9.68. The van der Waals surface area contributed by atoms with Crippen LogP contribution in [-0.4, -0.2) is 47.8 Å². The number of nitro benzene ring substituents is 2. The minimum absolute atomic E-state index is 0.177. The minimum Gasteiger partial charge on any atom is -0.466 e. The second-order valence-electron chi connectivity index (χ2n) is 7.16. The molecule has 0 aromatic heterocycles. The first kappa shape index (κ1) is 21.6. The van der Waals surface area contributed by atoms with E-state index in [2.05, 4.69) is 0 Å². The topological polar surface area (TPSA) is 159 Å². The quantitative estimate of drug-likeness (QED) is 0.373. The van der Waals surface area contributed by atoms with E-state index >= 15 is 0 Å². The van der Waals surface area contributed by atoms with Crippen LogP contribution < -0.4 is 4.90 Å². The van der Waals surface area contributed by atoms with Crippen molar-refractivity contribution in [1.29, 1.82) is 0 Å². The highest BCUT2D eigenvalue weighted by Crippen LogP contribution is 2.52. The van der Waals surface area contributed by atoms with Crippen molar-refractivity contribution < 1.29 is 33.7 Å². The number of methoxy groups -OCH3 is 2. The van der Waals surface area contributed by atoms with Gasteiger partial charge in [-0.25, -0.2) is 9.59 Å². The van der Waals surface area contributed by atoms with Gasteiger partial charge in [-0.1, -0.05) is 24.3 Å². The summed E-state index contributed by atoms with van der Waals surface area (Å²) >= 11 is 0. The number of anilines is 1. The molecule has 0 radical (unpaired) electrons. The van der Waals surface area contributed by atoms with Gasteiger partial charge in [0.05, 0.1) is 47.3 Å². The third-order valence-corrected chi connectivity index (χ3v) is 5.62. The number of carbonyl (C=O) groups excluding carboxylic acids is 3. The molecule has 2 unspecified atom stereocenters. The number of hydrogen-bond donors (Lipinski definition) is 0. The summed E-state index contributed by atoms with van der Waals surface area (Å²) in [7, 11) is 2.17. The van der Waals surface area contributed by atoms with Crippen LogP contribution in [0.1, 0.15) is 22.0 Å². The van der Waals surface area contributed by atoms with Crippen molar-refractivity contribution in [2.75, 3.05) is 19.1 Å². The Balaban J connectivity index is 2.06. The fourth-order valence-electron chi connectivity index (χ4n) is 4.32. The monoisotopic (exact) mass is 453 g/mol. The molecule has 12 nitrogen and oxygen atoms in total. The van der Waals surface area contributed by atoms with Crippen molar-refractivity contribution in [2.45, 2.75) is 12.1 Å². The van der Waals surface area contributed by atoms with Gasteiger partial charge in [0.25, 0.3) is 11.4 Å². The number of hydrogen-bond acceptors (Lipinski definition) is 10. The summed E-state index contributed by atoms with van der Waals surface area (Å²) in [6.07, 6.45) is 0. The van der Waals surface area contributed by atoms with Crippen molar-refractivity contribution in [3.8, 4) is 0 Å². The Morgan fingerprint density at radius 3 is 2.09 bits per heavy atom. The van der Waals surface area contributed by atoms with Crippen LogP contribution >= 0.6 is 0 Å². The van der Waals surface area contributed by atoms with Crippen LogP contribution in [0.2, 0.25) is 0 Å². The zero-order valence-electron chi connectivity index (χ0n) is 17.2. The molecule has 2 aromatic rings. The largest absolute Gasteiger partial charge is 0.466 e. The summed E-state index contributed by atoms with van der Waals surface area (Å²) in [5.41, 5.74) is -1.32. The van der Waals surface area contributed by atoms with Gasteiger partial charge in [0, 0.05) is 11.6 Å². The second kappa shape index (κ2) is 7.82. The van der Waals surface area contributed by atoms with E-state index in [1.165, 1.54) is 11.0 Å². The molecular weight excluding hydrogens is 438 g/mol. The molecule has 0 amide bonds. The van der Waals surface area contributed by atoms with Crippen LogP contribution in [0.15, 0.2) is 53.6 Å². The molecule has 2 bridgehead atoms. The van der Waals surface area contributed by atoms with E-state index in [1.54, 1.807) is 18.2 Å². The Morgan fingerprint density at radius 1 is 0.909 bits per heavy atom. The lowest BCUT2D eigenvalue weighted by molar-refractivity contribution is -0.393. The zero-order chi connectivity index (χ0) is 24.0. The second-order valence-corrected chi connectivity index (χ2v) is 7.16. The first-order valence-corrected chi connectivity index (χ1v) is 9.47. The van der Waals surface area contributed by atoms with Gasteiger partial charge in [-0.05, 0) is 11.6 Å². The van der Waals surface area contributed by atoms with Crippen molar-refractivity contribution in [3.63, 3.8) is 0 Å². The highest BCUT2D eigenvalue weighted by molar-refractivity contribution is 6.18. The van der Waals surface area contributed by atoms with E-state index in [1.807, 2.05) is 0 Å². The lowest BCUT2D eigenvalue weighted by atomic mass is 9.88. The molecular formula is C21H15N3O9. The molecule has 12 heteroatoms. The number of carbonyl (C=O) groups is 3. The summed E-state index contributed by atoms with van der Waals surface area (Å²) in [4.78, 5) is 61.6. The number of Topliss-reactive ketones (excluding diaryl/α,β-unsaturated/α-hetero) is 1. The standard InChI is InChI=1S/C21H15N3O9/c1-32-20(26)15-16(21(27)33-2)18-19(25)12-6-4-3-5-11(12)17(15)22(18)13-8-7-10(23(28)29)9-14(13)24(30)31/h3-9,17-18H,1-2H3. The first-order valence-electron chi connectivity index (χ1n) is 9.47. The molecule has 4 rings (SSSR count). The average molecular weight is 453 g/mol. The number of non-ortho nitro benzene ring substituents is 1. The lowest BCUT2D eigenvalue weighted by Crippen LogP contribution is -2.46. The Labute approximate surface area is 185 Å². The van der Waals surface area contributed by atoms with Crippen molar-refractivity contribution in [2.24, 2.45) is 0 Å². The van der Waals surface area contributed by atoms with Gasteiger partial charge < -0.3 is 14.4 Å². The van der Waals surface area contributed by atoms with Crippen LogP contribution in [0.25, 0.3) is 0 Å². The number of fused-ring (bicyclic) bond motifs is 4. The third-order valence-electron chi connectivity index (χ3n) is 5.62. The molecule has 2 aromatic carbocycles. The molecule has 0 spiro atoms. The van der Waals surface area contributed by atoms with Gasteiger partial charge in [0.1, 0.15) is 11.7 Å². The molecule has 2 atom stereocenters. The molecule has 33 heavy (non-hydrogen) atoms. The maximum Gasteiger partial charge on any atom is 0.336 e. The number of ketones is 1. The molecule has 2 heterocycles. The van der Waals surface area contributed by atoms with Gasteiger partial charge in [0.2, 0.25) is 0 Å². The van der Waals surface area contributed by atoms with Crippen LogP contribution in [0.5, 0.6) is 0 Å². The molecule has 0 fully saturated rings. The highest BCUT2D eigenvalue weighted by Gasteiger charge is 2.56. The molecule has 0 saturated heterocycles. The summed E-state index contributed by atoms with van der Waals surface area (Å²) in [5.74, 6) is -2.48. The number of esters is 2. The van der Waals surface area contributed by atoms with Crippen LogP contribution in [0.4, 0.5) is 17.1 Å². The van der Waals surface area contributed by atoms with Crippen molar-refractivity contribution >= 4 is 34.8 Å².